The molecule has 2 aliphatic carbocycles. The largest absolute Gasteiger partial charge is 0.313 e. The smallest absolute Gasteiger partial charge is 0.197 e. The zero-order valence-corrected chi connectivity index (χ0v) is 23.6. The highest BCUT2D eigenvalue weighted by Crippen LogP contribution is 2.53. The highest BCUT2D eigenvalue weighted by molar-refractivity contribution is 6.42. The highest BCUT2D eigenvalue weighted by Gasteiger charge is 2.38. The van der Waals surface area contributed by atoms with Crippen molar-refractivity contribution in [2.45, 2.75) is 32.1 Å². The number of fused-ring (bicyclic) bond motifs is 6. The number of carbonyl (C=O) groups is 2. The number of para-hydroxylation sites is 1. The van der Waals surface area contributed by atoms with E-state index in [1.54, 1.807) is 6.08 Å². The van der Waals surface area contributed by atoms with Crippen LogP contribution in [0.3, 0.4) is 0 Å². The Morgan fingerprint density at radius 1 is 0.738 bits per heavy atom. The van der Waals surface area contributed by atoms with Gasteiger partial charge in [0.1, 0.15) is 0 Å². The first-order valence-corrected chi connectivity index (χ1v) is 14.6. The van der Waals surface area contributed by atoms with Gasteiger partial charge in [-0.2, -0.15) is 0 Å². The van der Waals surface area contributed by atoms with E-state index in [0.29, 0.717) is 11.1 Å². The molecule has 3 heteroatoms. The maximum absolute atomic E-state index is 13.5. The van der Waals surface area contributed by atoms with Gasteiger partial charge in [0.15, 0.2) is 11.6 Å². The molecular formula is C39H29NO2. The van der Waals surface area contributed by atoms with Gasteiger partial charge in [0.25, 0.3) is 0 Å². The Bertz CT molecular complexity index is 2050. The average Bonchev–Trinajstić information content (AvgIpc) is 3.24. The maximum atomic E-state index is 13.5. The molecule has 1 heterocycles. The lowest BCUT2D eigenvalue weighted by atomic mass is 9.72. The van der Waals surface area contributed by atoms with Crippen molar-refractivity contribution in [1.82, 2.24) is 0 Å². The Morgan fingerprint density at radius 3 is 2.14 bits per heavy atom. The monoisotopic (exact) mass is 543 g/mol. The molecule has 0 amide bonds. The Balaban J connectivity index is 1.32. The summed E-state index contributed by atoms with van der Waals surface area (Å²) in [5.74, 6) is -0.404. The van der Waals surface area contributed by atoms with Crippen LogP contribution in [0.5, 0.6) is 0 Å². The minimum atomic E-state index is -0.202. The minimum Gasteiger partial charge on any atom is -0.313 e. The molecule has 0 spiro atoms. The van der Waals surface area contributed by atoms with Gasteiger partial charge in [0.2, 0.25) is 0 Å². The van der Waals surface area contributed by atoms with Crippen molar-refractivity contribution in [3.63, 3.8) is 0 Å². The summed E-state index contributed by atoms with van der Waals surface area (Å²) in [5.41, 5.74) is 8.08. The summed E-state index contributed by atoms with van der Waals surface area (Å²) in [6, 6.07) is 31.0. The van der Waals surface area contributed by atoms with E-state index in [-0.39, 0.29) is 22.6 Å². The molecule has 0 aromatic heterocycles. The van der Waals surface area contributed by atoms with Gasteiger partial charge in [-0.3, -0.25) is 9.59 Å². The summed E-state index contributed by atoms with van der Waals surface area (Å²) in [5, 5.41) is 4.17. The number of hydrogen-bond acceptors (Lipinski definition) is 3. The lowest BCUT2D eigenvalue weighted by molar-refractivity contribution is 0.0990. The van der Waals surface area contributed by atoms with E-state index >= 15 is 0 Å². The molecule has 3 aliphatic rings. The first kappa shape index (κ1) is 24.8. The third-order valence-electron chi connectivity index (χ3n) is 9.19. The van der Waals surface area contributed by atoms with Crippen molar-refractivity contribution in [2.24, 2.45) is 0 Å². The molecular weight excluding hydrogens is 514 g/mol. The van der Waals surface area contributed by atoms with Crippen LogP contribution >= 0.6 is 0 Å². The molecule has 8 rings (SSSR count). The first-order chi connectivity index (χ1) is 20.4. The van der Waals surface area contributed by atoms with Crippen molar-refractivity contribution in [3.8, 4) is 0 Å². The van der Waals surface area contributed by atoms with Crippen molar-refractivity contribution in [1.29, 1.82) is 0 Å². The molecule has 0 N–H and O–H groups in total. The zero-order chi connectivity index (χ0) is 28.6. The van der Waals surface area contributed by atoms with Gasteiger partial charge < -0.3 is 4.90 Å². The van der Waals surface area contributed by atoms with Crippen molar-refractivity contribution >= 4 is 50.6 Å². The van der Waals surface area contributed by atoms with Gasteiger partial charge in [-0.15, -0.1) is 0 Å². The molecule has 5 aromatic carbocycles. The van der Waals surface area contributed by atoms with Gasteiger partial charge in [-0.1, -0.05) is 92.7 Å². The lowest BCUT2D eigenvalue weighted by Gasteiger charge is -2.43. The molecule has 0 saturated heterocycles. The van der Waals surface area contributed by atoms with Crippen LogP contribution < -0.4 is 4.90 Å². The van der Waals surface area contributed by atoms with E-state index < -0.39 is 0 Å². The number of ketones is 2. The number of rotatable bonds is 2. The number of Topliss-reactive ketones (excluding diaryl/α,β-unsaturated/α-hetero) is 2. The lowest BCUT2D eigenvalue weighted by Crippen LogP contribution is -2.33. The van der Waals surface area contributed by atoms with Crippen LogP contribution in [-0.4, -0.2) is 11.6 Å². The Hall–Kier alpha value is -5.02. The van der Waals surface area contributed by atoms with Crippen molar-refractivity contribution in [2.75, 3.05) is 4.90 Å². The Kier molecular flexibility index (Phi) is 5.30. The summed E-state index contributed by atoms with van der Waals surface area (Å²) in [6.45, 7) is 4.60. The molecule has 202 valence electrons. The van der Waals surface area contributed by atoms with Crippen LogP contribution in [0.1, 0.15) is 64.1 Å². The molecule has 42 heavy (non-hydrogen) atoms. The van der Waals surface area contributed by atoms with E-state index in [9.17, 15) is 9.59 Å². The minimum absolute atomic E-state index is 0.197. The van der Waals surface area contributed by atoms with Crippen LogP contribution in [0.4, 0.5) is 11.4 Å². The predicted octanol–water partition coefficient (Wildman–Crippen LogP) is 9.47. The Labute approximate surface area is 245 Å². The Morgan fingerprint density at radius 2 is 1.43 bits per heavy atom. The average molecular weight is 544 g/mol. The maximum Gasteiger partial charge on any atom is 0.197 e. The van der Waals surface area contributed by atoms with E-state index in [1.165, 1.54) is 28.2 Å². The highest BCUT2D eigenvalue weighted by atomic mass is 16.2. The first-order valence-electron chi connectivity index (χ1n) is 14.6. The zero-order valence-electron chi connectivity index (χ0n) is 23.6. The quantitative estimate of drug-likeness (QED) is 0.164. The molecule has 0 saturated carbocycles. The molecule has 0 bridgehead atoms. The topological polar surface area (TPSA) is 37.4 Å². The second-order valence-electron chi connectivity index (χ2n) is 12.0. The SMILES string of the molecule is CC1(C)c2ccccc2N(C2=CC=CCC2)c2c1ccc1ccc(C=C3C(=O)c4cc5ccccc5cc4C3=O)cc21. The van der Waals surface area contributed by atoms with E-state index in [0.717, 1.165) is 39.9 Å². The number of nitrogens with zero attached hydrogens (tertiary/aromatic N) is 1. The molecule has 3 nitrogen and oxygen atoms in total. The van der Waals surface area contributed by atoms with Gasteiger partial charge in [-0.25, -0.2) is 0 Å². The number of anilines is 2. The molecule has 0 atom stereocenters. The van der Waals surface area contributed by atoms with Gasteiger partial charge in [0, 0.05) is 33.3 Å². The van der Waals surface area contributed by atoms with Gasteiger partial charge in [0.05, 0.1) is 11.3 Å². The van der Waals surface area contributed by atoms with Crippen LogP contribution in [-0.2, 0) is 5.41 Å². The number of allylic oxidation sites excluding steroid dienone is 5. The fourth-order valence-corrected chi connectivity index (χ4v) is 7.00. The standard InChI is InChI=1S/C39H29NO2/c1-39(2)33-14-8-9-15-35(33)40(28-12-4-3-5-13-28)36-29-20-24(16-17-25(29)18-19-34(36)39)21-32-37(41)30-22-26-10-6-7-11-27(26)23-31(30)38(32)42/h3-4,6-12,14-23H,5,13H2,1-2H3. The van der Waals surface area contributed by atoms with Crippen molar-refractivity contribution in [3.05, 3.63) is 148 Å². The van der Waals surface area contributed by atoms with E-state index in [2.05, 4.69) is 85.5 Å². The number of benzene rings is 5. The third kappa shape index (κ3) is 3.53. The summed E-state index contributed by atoms with van der Waals surface area (Å²) in [6.07, 6.45) is 10.3. The second kappa shape index (κ2) is 8.99. The summed E-state index contributed by atoms with van der Waals surface area (Å²) < 4.78 is 0. The summed E-state index contributed by atoms with van der Waals surface area (Å²) >= 11 is 0. The second-order valence-corrected chi connectivity index (χ2v) is 12.0. The summed E-state index contributed by atoms with van der Waals surface area (Å²) in [4.78, 5) is 29.5. The fraction of sp³-hybridized carbons (Fsp3) is 0.128. The number of carbonyl (C=O) groups excluding carboxylic acids is 2. The van der Waals surface area contributed by atoms with Crippen molar-refractivity contribution < 1.29 is 9.59 Å². The number of hydrogen-bond donors (Lipinski definition) is 0. The molecule has 5 aromatic rings. The van der Waals surface area contributed by atoms with Gasteiger partial charge in [-0.05, 0) is 82.1 Å². The van der Waals surface area contributed by atoms with Crippen LogP contribution in [0.25, 0.3) is 27.6 Å². The van der Waals surface area contributed by atoms with E-state index in [4.69, 9.17) is 0 Å². The van der Waals surface area contributed by atoms with Gasteiger partial charge >= 0.3 is 0 Å². The molecule has 0 fully saturated rings. The van der Waals surface area contributed by atoms with E-state index in [1.807, 2.05) is 42.5 Å². The molecule has 0 unspecified atom stereocenters. The normalized spacial score (nSPS) is 16.9. The van der Waals surface area contributed by atoms with Crippen LogP contribution in [0, 0.1) is 0 Å². The predicted molar refractivity (Wildman–Crippen MR) is 172 cm³/mol. The fourth-order valence-electron chi connectivity index (χ4n) is 7.00. The van der Waals surface area contributed by atoms with Crippen LogP contribution in [0.15, 0.2) is 120 Å². The molecule has 1 aliphatic heterocycles. The third-order valence-corrected chi connectivity index (χ3v) is 9.19. The molecule has 0 radical (unpaired) electrons. The van der Waals surface area contributed by atoms with Crippen LogP contribution in [0.2, 0.25) is 0 Å². The summed E-state index contributed by atoms with van der Waals surface area (Å²) in [7, 11) is 0.